The van der Waals surface area contributed by atoms with Crippen LogP contribution in [0.3, 0.4) is 0 Å². The second-order valence-electron chi connectivity index (χ2n) is 4.76. The second kappa shape index (κ2) is 3.73. The number of ether oxygens (including phenoxy) is 1. The number of hydrogen-bond donors (Lipinski definition) is 1. The van der Waals surface area contributed by atoms with Gasteiger partial charge in [0.05, 0.1) is 12.1 Å². The number of nitrogens with zero attached hydrogens (tertiary/aromatic N) is 1. The van der Waals surface area contributed by atoms with E-state index < -0.39 is 17.5 Å². The van der Waals surface area contributed by atoms with E-state index in [4.69, 9.17) is 9.84 Å². The van der Waals surface area contributed by atoms with E-state index in [-0.39, 0.29) is 12.1 Å². The molecule has 2 rings (SSSR count). The molecule has 1 amide bonds. The highest BCUT2D eigenvalue weighted by atomic mass is 16.5. The molecular formula is C11H17NO4. The van der Waals surface area contributed by atoms with Gasteiger partial charge in [0.1, 0.15) is 0 Å². The number of aliphatic carboxylic acids is 1. The van der Waals surface area contributed by atoms with Crippen molar-refractivity contribution in [1.29, 1.82) is 0 Å². The largest absolute Gasteiger partial charge is 0.479 e. The first kappa shape index (κ1) is 11.4. The lowest BCUT2D eigenvalue weighted by atomic mass is 9.87. The number of hydrogen-bond acceptors (Lipinski definition) is 3. The number of rotatable bonds is 1. The summed E-state index contributed by atoms with van der Waals surface area (Å²) in [6, 6.07) is 0.0497. The molecule has 1 saturated heterocycles. The molecule has 3 atom stereocenters. The quantitative estimate of drug-likeness (QED) is 0.667. The van der Waals surface area contributed by atoms with Gasteiger partial charge in [-0.25, -0.2) is 4.79 Å². The first-order valence-corrected chi connectivity index (χ1v) is 5.65. The van der Waals surface area contributed by atoms with Crippen LogP contribution in [0, 0.1) is 0 Å². The van der Waals surface area contributed by atoms with Gasteiger partial charge in [-0.2, -0.15) is 0 Å². The highest BCUT2D eigenvalue weighted by molar-refractivity contribution is 6.05. The Hall–Kier alpha value is -1.10. The van der Waals surface area contributed by atoms with Gasteiger partial charge in [-0.1, -0.05) is 12.8 Å². The van der Waals surface area contributed by atoms with Gasteiger partial charge < -0.3 is 14.7 Å². The summed E-state index contributed by atoms with van der Waals surface area (Å²) in [7, 11) is 1.68. The Morgan fingerprint density at radius 3 is 2.75 bits per heavy atom. The number of amides is 1. The van der Waals surface area contributed by atoms with Crippen LogP contribution in [-0.4, -0.2) is 46.7 Å². The van der Waals surface area contributed by atoms with Gasteiger partial charge in [0.25, 0.3) is 5.91 Å². The second-order valence-corrected chi connectivity index (χ2v) is 4.76. The number of carbonyl (C=O) groups excluding carboxylic acids is 1. The molecule has 0 aromatic heterocycles. The Balaban J connectivity index is 2.28. The van der Waals surface area contributed by atoms with Crippen LogP contribution < -0.4 is 0 Å². The van der Waals surface area contributed by atoms with Crippen LogP contribution in [0.1, 0.15) is 32.6 Å². The molecule has 2 fully saturated rings. The molecule has 1 unspecified atom stereocenters. The Morgan fingerprint density at radius 2 is 2.12 bits per heavy atom. The zero-order valence-electron chi connectivity index (χ0n) is 9.60. The topological polar surface area (TPSA) is 66.8 Å². The van der Waals surface area contributed by atoms with Crippen LogP contribution in [0.4, 0.5) is 0 Å². The fourth-order valence-electron chi connectivity index (χ4n) is 2.64. The first-order chi connectivity index (χ1) is 7.47. The van der Waals surface area contributed by atoms with Gasteiger partial charge >= 0.3 is 5.97 Å². The number of carbonyl (C=O) groups is 2. The molecule has 1 N–H and O–H groups in total. The predicted molar refractivity (Wildman–Crippen MR) is 55.9 cm³/mol. The average Bonchev–Trinajstić information content (AvgIpc) is 2.26. The van der Waals surface area contributed by atoms with Crippen LogP contribution in [0.2, 0.25) is 0 Å². The minimum absolute atomic E-state index is 0.0497. The van der Waals surface area contributed by atoms with Gasteiger partial charge in [0.15, 0.2) is 0 Å². The minimum atomic E-state index is -1.70. The maximum absolute atomic E-state index is 12.0. The Kier molecular flexibility index (Phi) is 2.66. The third-order valence-electron chi connectivity index (χ3n) is 3.69. The molecule has 0 aromatic carbocycles. The summed E-state index contributed by atoms with van der Waals surface area (Å²) < 4.78 is 5.53. The molecule has 1 aliphatic carbocycles. The molecule has 0 bridgehead atoms. The zero-order valence-corrected chi connectivity index (χ0v) is 9.60. The third-order valence-corrected chi connectivity index (χ3v) is 3.69. The summed E-state index contributed by atoms with van der Waals surface area (Å²) in [4.78, 5) is 24.7. The van der Waals surface area contributed by atoms with E-state index in [1.165, 1.54) is 6.92 Å². The van der Waals surface area contributed by atoms with Crippen molar-refractivity contribution in [3.63, 3.8) is 0 Å². The number of fused-ring (bicyclic) bond motifs is 1. The SMILES string of the molecule is CN1C(=O)C(C)(C(=O)O)O[C@H]2CCCC[C@@H]21. The molecule has 90 valence electrons. The molecule has 5 nitrogen and oxygen atoms in total. The van der Waals surface area contributed by atoms with Crippen molar-refractivity contribution in [3.8, 4) is 0 Å². The lowest BCUT2D eigenvalue weighted by molar-refractivity contribution is -0.207. The van der Waals surface area contributed by atoms with E-state index in [9.17, 15) is 9.59 Å². The molecule has 0 radical (unpaired) electrons. The molecule has 1 aliphatic heterocycles. The zero-order chi connectivity index (χ0) is 11.9. The molecule has 5 heteroatoms. The lowest BCUT2D eigenvalue weighted by Gasteiger charge is -2.47. The number of carboxylic acid groups (broad SMARTS) is 1. The molecule has 1 saturated carbocycles. The smallest absolute Gasteiger partial charge is 0.345 e. The van der Waals surface area contributed by atoms with E-state index in [1.54, 1.807) is 11.9 Å². The van der Waals surface area contributed by atoms with Crippen LogP contribution in [0.5, 0.6) is 0 Å². The van der Waals surface area contributed by atoms with Crippen LogP contribution in [-0.2, 0) is 14.3 Å². The summed E-state index contributed by atoms with van der Waals surface area (Å²) in [6.07, 6.45) is 3.73. The van der Waals surface area contributed by atoms with Crippen molar-refractivity contribution in [2.75, 3.05) is 7.05 Å². The van der Waals surface area contributed by atoms with Gasteiger partial charge in [-0.15, -0.1) is 0 Å². The van der Waals surface area contributed by atoms with Gasteiger partial charge in [0, 0.05) is 7.05 Å². The summed E-state index contributed by atoms with van der Waals surface area (Å²) in [5, 5.41) is 9.10. The molecule has 2 aliphatic rings. The standard InChI is InChI=1S/C11H17NO4/c1-11(10(14)15)9(13)12(2)7-5-3-4-6-8(7)16-11/h7-8H,3-6H2,1-2H3,(H,14,15)/t7-,8-,11?/m0/s1. The van der Waals surface area contributed by atoms with Gasteiger partial charge in [-0.05, 0) is 19.8 Å². The molecule has 16 heavy (non-hydrogen) atoms. The Morgan fingerprint density at radius 1 is 1.50 bits per heavy atom. The Labute approximate surface area is 94.4 Å². The fourth-order valence-corrected chi connectivity index (χ4v) is 2.64. The van der Waals surface area contributed by atoms with Gasteiger partial charge in [0.2, 0.25) is 5.60 Å². The van der Waals surface area contributed by atoms with Crippen molar-refractivity contribution in [2.24, 2.45) is 0 Å². The first-order valence-electron chi connectivity index (χ1n) is 5.65. The molecule has 0 spiro atoms. The average molecular weight is 227 g/mol. The van der Waals surface area contributed by atoms with Crippen molar-refractivity contribution in [3.05, 3.63) is 0 Å². The Bertz CT molecular complexity index is 330. The van der Waals surface area contributed by atoms with E-state index >= 15 is 0 Å². The summed E-state index contributed by atoms with van der Waals surface area (Å²) in [6.45, 7) is 1.35. The van der Waals surface area contributed by atoms with Crippen molar-refractivity contribution >= 4 is 11.9 Å². The van der Waals surface area contributed by atoms with Crippen molar-refractivity contribution in [1.82, 2.24) is 4.90 Å². The monoisotopic (exact) mass is 227 g/mol. The summed E-state index contributed by atoms with van der Waals surface area (Å²) in [5.74, 6) is -1.64. The maximum Gasteiger partial charge on any atom is 0.345 e. The number of likely N-dealkylation sites (N-methyl/N-ethyl adjacent to an activating group) is 1. The lowest BCUT2D eigenvalue weighted by Crippen LogP contribution is -2.65. The van der Waals surface area contributed by atoms with Crippen LogP contribution >= 0.6 is 0 Å². The fraction of sp³-hybridized carbons (Fsp3) is 0.818. The number of morpholine rings is 1. The van der Waals surface area contributed by atoms with E-state index in [2.05, 4.69) is 0 Å². The van der Waals surface area contributed by atoms with E-state index in [0.29, 0.717) is 0 Å². The molecule has 1 heterocycles. The third kappa shape index (κ3) is 1.50. The van der Waals surface area contributed by atoms with E-state index in [0.717, 1.165) is 25.7 Å². The van der Waals surface area contributed by atoms with Crippen molar-refractivity contribution in [2.45, 2.75) is 50.4 Å². The highest BCUT2D eigenvalue weighted by Crippen LogP contribution is 2.34. The normalized spacial score (nSPS) is 39.4. The summed E-state index contributed by atoms with van der Waals surface area (Å²) in [5.41, 5.74) is -1.70. The molecular weight excluding hydrogens is 210 g/mol. The number of carboxylic acids is 1. The van der Waals surface area contributed by atoms with Crippen LogP contribution in [0.15, 0.2) is 0 Å². The summed E-state index contributed by atoms with van der Waals surface area (Å²) >= 11 is 0. The van der Waals surface area contributed by atoms with Crippen molar-refractivity contribution < 1.29 is 19.4 Å². The van der Waals surface area contributed by atoms with E-state index in [1.807, 2.05) is 0 Å². The van der Waals surface area contributed by atoms with Crippen LogP contribution in [0.25, 0.3) is 0 Å². The minimum Gasteiger partial charge on any atom is -0.479 e. The maximum atomic E-state index is 12.0. The molecule has 0 aromatic rings. The predicted octanol–water partition coefficient (Wildman–Crippen LogP) is 0.629. The highest BCUT2D eigenvalue weighted by Gasteiger charge is 2.53. The van der Waals surface area contributed by atoms with Gasteiger partial charge in [-0.3, -0.25) is 4.79 Å².